The summed E-state index contributed by atoms with van der Waals surface area (Å²) in [6, 6.07) is 0. The van der Waals surface area contributed by atoms with Gasteiger partial charge in [-0.25, -0.2) is 0 Å². The van der Waals surface area contributed by atoms with Crippen molar-refractivity contribution in [2.45, 2.75) is 38.4 Å². The summed E-state index contributed by atoms with van der Waals surface area (Å²) in [5, 5.41) is 0. The van der Waals surface area contributed by atoms with Gasteiger partial charge in [0.25, 0.3) is 0 Å². The zero-order valence-corrected chi connectivity index (χ0v) is 8.91. The van der Waals surface area contributed by atoms with Crippen LogP contribution in [0.15, 0.2) is 0 Å². The van der Waals surface area contributed by atoms with Gasteiger partial charge in [0.1, 0.15) is 5.78 Å². The van der Waals surface area contributed by atoms with E-state index >= 15 is 0 Å². The molecule has 0 heterocycles. The number of methoxy groups -OCH3 is 2. The third-order valence-corrected chi connectivity index (χ3v) is 3.72. The van der Waals surface area contributed by atoms with E-state index in [4.69, 9.17) is 9.47 Å². The van der Waals surface area contributed by atoms with E-state index in [1.54, 1.807) is 14.2 Å². The molecule has 0 amide bonds. The third kappa shape index (κ3) is 1.71. The second-order valence-electron chi connectivity index (χ2n) is 4.62. The molecule has 2 aliphatic rings. The fourth-order valence-corrected chi connectivity index (χ4v) is 2.56. The molecule has 0 aromatic rings. The molecule has 0 N–H and O–H groups in total. The summed E-state index contributed by atoms with van der Waals surface area (Å²) in [7, 11) is 3.21. The van der Waals surface area contributed by atoms with Crippen LogP contribution in [0.4, 0.5) is 0 Å². The molecular formula is C11H18O3. The molecule has 1 spiro atoms. The summed E-state index contributed by atoms with van der Waals surface area (Å²) in [5.41, 5.74) is 0.480. The lowest BCUT2D eigenvalue weighted by atomic mass is 9.78. The van der Waals surface area contributed by atoms with E-state index in [1.165, 1.54) is 12.8 Å². The molecular weight excluding hydrogens is 180 g/mol. The molecule has 1 unspecified atom stereocenters. The van der Waals surface area contributed by atoms with Crippen LogP contribution in [0.1, 0.15) is 32.1 Å². The van der Waals surface area contributed by atoms with Crippen molar-refractivity contribution in [3.8, 4) is 0 Å². The van der Waals surface area contributed by atoms with Crippen molar-refractivity contribution in [3.05, 3.63) is 0 Å². The molecule has 0 bridgehead atoms. The van der Waals surface area contributed by atoms with E-state index in [2.05, 4.69) is 0 Å². The molecule has 2 fully saturated rings. The van der Waals surface area contributed by atoms with Crippen molar-refractivity contribution in [2.75, 3.05) is 14.2 Å². The van der Waals surface area contributed by atoms with Crippen molar-refractivity contribution < 1.29 is 14.3 Å². The Labute approximate surface area is 84.8 Å². The van der Waals surface area contributed by atoms with Crippen LogP contribution in [-0.4, -0.2) is 26.3 Å². The molecule has 3 heteroatoms. The largest absolute Gasteiger partial charge is 0.355 e. The molecule has 0 aliphatic heterocycles. The van der Waals surface area contributed by atoms with Gasteiger partial charge in [0.05, 0.1) is 5.92 Å². The van der Waals surface area contributed by atoms with Gasteiger partial charge in [-0.3, -0.25) is 4.79 Å². The highest BCUT2D eigenvalue weighted by Gasteiger charge is 2.50. The van der Waals surface area contributed by atoms with Crippen molar-refractivity contribution in [1.82, 2.24) is 0 Å². The van der Waals surface area contributed by atoms with Gasteiger partial charge in [0, 0.05) is 20.6 Å². The zero-order chi connectivity index (χ0) is 10.2. The summed E-state index contributed by atoms with van der Waals surface area (Å²) < 4.78 is 10.4. The molecule has 2 aliphatic carbocycles. The van der Waals surface area contributed by atoms with Crippen LogP contribution in [0.25, 0.3) is 0 Å². The first kappa shape index (κ1) is 10.1. The number of ether oxygens (including phenoxy) is 2. The minimum absolute atomic E-state index is 0.0266. The standard InChI is InChI=1S/C11H18O3/c1-13-10(14-2)8-7-11(5-6-11)4-3-9(8)12/h8,10H,3-7H2,1-2H3. The van der Waals surface area contributed by atoms with Crippen LogP contribution in [0.2, 0.25) is 0 Å². The maximum absolute atomic E-state index is 11.7. The van der Waals surface area contributed by atoms with E-state index in [1.807, 2.05) is 0 Å². The maximum Gasteiger partial charge on any atom is 0.166 e. The number of Topliss-reactive ketones (excluding diaryl/α,β-unsaturated/α-hetero) is 1. The summed E-state index contributed by atoms with van der Waals surface area (Å²) in [4.78, 5) is 11.7. The smallest absolute Gasteiger partial charge is 0.166 e. The zero-order valence-electron chi connectivity index (χ0n) is 8.91. The highest BCUT2D eigenvalue weighted by atomic mass is 16.7. The van der Waals surface area contributed by atoms with Gasteiger partial charge in [0.2, 0.25) is 0 Å². The monoisotopic (exact) mass is 198 g/mol. The van der Waals surface area contributed by atoms with E-state index in [-0.39, 0.29) is 12.2 Å². The lowest BCUT2D eigenvalue weighted by molar-refractivity contribution is -0.163. The van der Waals surface area contributed by atoms with Gasteiger partial charge in [0.15, 0.2) is 6.29 Å². The van der Waals surface area contributed by atoms with Crippen molar-refractivity contribution in [2.24, 2.45) is 11.3 Å². The first-order chi connectivity index (χ1) is 6.71. The van der Waals surface area contributed by atoms with Crippen LogP contribution in [0.3, 0.4) is 0 Å². The SMILES string of the molecule is COC(OC)C1CC2(CCC1=O)CC2. The highest BCUT2D eigenvalue weighted by molar-refractivity contribution is 5.82. The third-order valence-electron chi connectivity index (χ3n) is 3.72. The Morgan fingerprint density at radius 3 is 2.43 bits per heavy atom. The minimum Gasteiger partial charge on any atom is -0.355 e. The van der Waals surface area contributed by atoms with E-state index in [9.17, 15) is 4.79 Å². The Hall–Kier alpha value is -0.410. The van der Waals surface area contributed by atoms with Crippen LogP contribution in [-0.2, 0) is 14.3 Å². The predicted molar refractivity (Wildman–Crippen MR) is 51.8 cm³/mol. The van der Waals surface area contributed by atoms with E-state index in [0.29, 0.717) is 17.6 Å². The highest BCUT2D eigenvalue weighted by Crippen LogP contribution is 2.57. The molecule has 0 aromatic heterocycles. The average Bonchev–Trinajstić information content (AvgIpc) is 2.94. The number of ketones is 1. The molecule has 0 aromatic carbocycles. The lowest BCUT2D eigenvalue weighted by Gasteiger charge is -2.31. The molecule has 1 atom stereocenters. The minimum atomic E-state index is -0.333. The van der Waals surface area contributed by atoms with Crippen molar-refractivity contribution in [1.29, 1.82) is 0 Å². The quantitative estimate of drug-likeness (QED) is 0.648. The Bertz CT molecular complexity index is 229. The number of carbonyl (C=O) groups is 1. The first-order valence-corrected chi connectivity index (χ1v) is 5.29. The molecule has 2 rings (SSSR count). The second kappa shape index (κ2) is 3.63. The Balaban J connectivity index is 2.03. The molecule has 2 saturated carbocycles. The Morgan fingerprint density at radius 2 is 1.93 bits per heavy atom. The number of rotatable bonds is 3. The summed E-state index contributed by atoms with van der Waals surface area (Å²) >= 11 is 0. The number of hydrogen-bond acceptors (Lipinski definition) is 3. The molecule has 3 nitrogen and oxygen atoms in total. The number of hydrogen-bond donors (Lipinski definition) is 0. The van der Waals surface area contributed by atoms with Gasteiger partial charge in [-0.2, -0.15) is 0 Å². The van der Waals surface area contributed by atoms with Gasteiger partial charge < -0.3 is 9.47 Å². The number of carbonyl (C=O) groups excluding carboxylic acids is 1. The lowest BCUT2D eigenvalue weighted by Crippen LogP contribution is -2.37. The van der Waals surface area contributed by atoms with Gasteiger partial charge in [-0.15, -0.1) is 0 Å². The van der Waals surface area contributed by atoms with Gasteiger partial charge in [-0.05, 0) is 31.1 Å². The maximum atomic E-state index is 11.7. The van der Waals surface area contributed by atoms with Crippen molar-refractivity contribution >= 4 is 5.78 Å². The first-order valence-electron chi connectivity index (χ1n) is 5.29. The molecule has 0 saturated heterocycles. The topological polar surface area (TPSA) is 35.5 Å². The van der Waals surface area contributed by atoms with Crippen molar-refractivity contribution in [3.63, 3.8) is 0 Å². The molecule has 80 valence electrons. The van der Waals surface area contributed by atoms with Crippen LogP contribution < -0.4 is 0 Å². The molecule has 14 heavy (non-hydrogen) atoms. The summed E-state index contributed by atoms with van der Waals surface area (Å²) in [6.45, 7) is 0. The summed E-state index contributed by atoms with van der Waals surface area (Å²) in [5.74, 6) is 0.289. The van der Waals surface area contributed by atoms with E-state index < -0.39 is 0 Å². The van der Waals surface area contributed by atoms with Crippen LogP contribution >= 0.6 is 0 Å². The average molecular weight is 198 g/mol. The van der Waals surface area contributed by atoms with Crippen LogP contribution in [0, 0.1) is 11.3 Å². The molecule has 0 radical (unpaired) electrons. The van der Waals surface area contributed by atoms with Gasteiger partial charge >= 0.3 is 0 Å². The van der Waals surface area contributed by atoms with E-state index in [0.717, 1.165) is 12.8 Å². The van der Waals surface area contributed by atoms with Gasteiger partial charge in [-0.1, -0.05) is 0 Å². The Kier molecular flexibility index (Phi) is 2.62. The second-order valence-corrected chi connectivity index (χ2v) is 4.62. The fraction of sp³-hybridized carbons (Fsp3) is 0.909. The Morgan fingerprint density at radius 1 is 1.29 bits per heavy atom. The predicted octanol–water partition coefficient (Wildman–Crippen LogP) is 1.75. The normalized spacial score (nSPS) is 29.9. The fourth-order valence-electron chi connectivity index (χ4n) is 2.56. The summed E-state index contributed by atoms with van der Waals surface area (Å²) in [6.07, 6.45) is 5.02. The van der Waals surface area contributed by atoms with Crippen LogP contribution in [0.5, 0.6) is 0 Å².